The Morgan fingerprint density at radius 2 is 1.59 bits per heavy atom. The number of allylic oxidation sites excluding steroid dienone is 4. The lowest BCUT2D eigenvalue weighted by molar-refractivity contribution is -0.166. The van der Waals surface area contributed by atoms with E-state index in [9.17, 15) is 4.79 Å². The number of fused-ring (bicyclic) bond motifs is 1. The molecule has 5 nitrogen and oxygen atoms in total. The van der Waals surface area contributed by atoms with Gasteiger partial charge in [-0.2, -0.15) is 0 Å². The van der Waals surface area contributed by atoms with E-state index < -0.39 is 16.6 Å². The second-order valence-electron chi connectivity index (χ2n) is 19.2. The van der Waals surface area contributed by atoms with Gasteiger partial charge < -0.3 is 18.3 Å². The highest BCUT2D eigenvalue weighted by atomic mass is 28.4. The van der Waals surface area contributed by atoms with Crippen LogP contribution in [0.5, 0.6) is 0 Å². The van der Waals surface area contributed by atoms with Gasteiger partial charge >= 0.3 is 5.97 Å². The third-order valence-corrected chi connectivity index (χ3v) is 22.7. The minimum absolute atomic E-state index is 0.0176. The van der Waals surface area contributed by atoms with Crippen LogP contribution in [0.1, 0.15) is 133 Å². The Morgan fingerprint density at radius 1 is 0.980 bits per heavy atom. The average Bonchev–Trinajstić information content (AvgIpc) is 3.60. The van der Waals surface area contributed by atoms with E-state index >= 15 is 0 Å². The molecule has 0 saturated heterocycles. The molecule has 3 saturated carbocycles. The lowest BCUT2D eigenvalue weighted by Gasteiger charge is -2.45. The van der Waals surface area contributed by atoms with Crippen molar-refractivity contribution >= 4 is 22.6 Å². The van der Waals surface area contributed by atoms with Crippen molar-refractivity contribution in [1.29, 1.82) is 0 Å². The second kappa shape index (κ2) is 15.0. The van der Waals surface area contributed by atoms with E-state index in [1.54, 1.807) is 0 Å². The van der Waals surface area contributed by atoms with Gasteiger partial charge in [0.1, 0.15) is 12.2 Å². The van der Waals surface area contributed by atoms with Gasteiger partial charge in [-0.1, -0.05) is 85.8 Å². The zero-order chi connectivity index (χ0) is 36.6. The first-order valence-electron chi connectivity index (χ1n) is 19.5. The predicted molar refractivity (Wildman–Crippen MR) is 210 cm³/mol. The van der Waals surface area contributed by atoms with Crippen LogP contribution in [0.25, 0.3) is 0 Å². The van der Waals surface area contributed by atoms with Crippen LogP contribution in [0.15, 0.2) is 47.1 Å². The topological polar surface area (TPSA) is 54.0 Å². The van der Waals surface area contributed by atoms with Gasteiger partial charge in [0.2, 0.25) is 0 Å². The van der Waals surface area contributed by atoms with Crippen molar-refractivity contribution < 1.29 is 23.1 Å². The zero-order valence-electron chi connectivity index (χ0n) is 33.8. The minimum Gasteiger partial charge on any atom is -0.457 e. The van der Waals surface area contributed by atoms with Crippen molar-refractivity contribution in [2.45, 2.75) is 193 Å². The van der Waals surface area contributed by atoms with Crippen molar-refractivity contribution in [2.75, 3.05) is 6.61 Å². The van der Waals surface area contributed by atoms with Gasteiger partial charge in [0.15, 0.2) is 16.6 Å². The molecule has 0 aromatic rings. The molecule has 278 valence electrons. The lowest BCUT2D eigenvalue weighted by atomic mass is 9.63. The normalized spacial score (nSPS) is 30.4. The van der Waals surface area contributed by atoms with Crippen LogP contribution in [0, 0.1) is 11.3 Å². The highest BCUT2D eigenvalue weighted by molar-refractivity contribution is 6.74. The molecule has 0 radical (unpaired) electrons. The fourth-order valence-electron chi connectivity index (χ4n) is 8.35. The van der Waals surface area contributed by atoms with Crippen molar-refractivity contribution in [1.82, 2.24) is 0 Å². The summed E-state index contributed by atoms with van der Waals surface area (Å²) in [5.41, 5.74) is 5.05. The SMILES string of the molecule is C=C1/C(=C\C=C2/CCC[C@]3(C)C(C(C)OCC(=O)OC4(CC)CCCC4)=CC[C@@H]23)C[C@@H](O[Si](C)(C)C(C)(C)C)C[C@@H]1O[Si](C)(C)C(C)(C)C. The minimum atomic E-state index is -2.01. The first-order valence-corrected chi connectivity index (χ1v) is 25.3. The molecule has 4 aliphatic carbocycles. The quantitative estimate of drug-likeness (QED) is 0.121. The summed E-state index contributed by atoms with van der Waals surface area (Å²) >= 11 is 0. The first kappa shape index (κ1) is 40.5. The van der Waals surface area contributed by atoms with E-state index in [2.05, 4.69) is 113 Å². The van der Waals surface area contributed by atoms with Crippen LogP contribution >= 0.6 is 0 Å². The standard InChI is InChI=1S/C42H72O5Si2/c1-15-42(25-16-17-26-42)45-38(43)29-44-31(3)35-22-23-36-32(19-18-24-41(35,36)10)20-21-33-27-34(46-48(11,12)39(4,5)6)28-37(30(33)2)47-49(13,14)40(7,8)9/h20-22,31,34,36-37H,2,15-19,23-29H2,1,3-14H3/b32-20+,33-21-/t31?,34-,36+,37+,41-/m1/s1. The maximum Gasteiger partial charge on any atom is 0.332 e. The molecule has 0 amide bonds. The van der Waals surface area contributed by atoms with Gasteiger partial charge in [-0.3, -0.25) is 0 Å². The molecule has 4 rings (SSSR count). The fourth-order valence-corrected chi connectivity index (χ4v) is 11.0. The number of hydrogen-bond acceptors (Lipinski definition) is 5. The maximum absolute atomic E-state index is 12.9. The summed E-state index contributed by atoms with van der Waals surface area (Å²) in [6, 6.07) is 0. The zero-order valence-corrected chi connectivity index (χ0v) is 35.8. The van der Waals surface area contributed by atoms with Crippen LogP contribution in [-0.4, -0.2) is 53.1 Å². The fraction of sp³-hybridized carbons (Fsp3) is 0.786. The number of rotatable bonds is 11. The molecule has 5 atom stereocenters. The Balaban J connectivity index is 1.51. The monoisotopic (exact) mass is 712 g/mol. The number of hydrogen-bond donors (Lipinski definition) is 0. The van der Waals surface area contributed by atoms with Crippen molar-refractivity contribution in [3.63, 3.8) is 0 Å². The highest BCUT2D eigenvalue weighted by Gasteiger charge is 2.48. The Labute approximate surface area is 303 Å². The second-order valence-corrected chi connectivity index (χ2v) is 28.7. The molecule has 0 heterocycles. The molecule has 7 heteroatoms. The molecule has 1 unspecified atom stereocenters. The van der Waals surface area contributed by atoms with Crippen LogP contribution in [0.3, 0.4) is 0 Å². The molecule has 0 aromatic heterocycles. The Bertz CT molecular complexity index is 1300. The van der Waals surface area contributed by atoms with E-state index in [0.29, 0.717) is 5.92 Å². The van der Waals surface area contributed by atoms with Gasteiger partial charge in [-0.05, 0) is 135 Å². The van der Waals surface area contributed by atoms with Gasteiger partial charge in [-0.15, -0.1) is 0 Å². The van der Waals surface area contributed by atoms with Crippen LogP contribution in [0.4, 0.5) is 0 Å². The van der Waals surface area contributed by atoms with E-state index in [4.69, 9.17) is 18.3 Å². The summed E-state index contributed by atoms with van der Waals surface area (Å²) in [4.78, 5) is 12.9. The number of ether oxygens (including phenoxy) is 2. The molecule has 0 bridgehead atoms. The molecule has 0 aromatic carbocycles. The van der Waals surface area contributed by atoms with Gasteiger partial charge in [0.25, 0.3) is 0 Å². The van der Waals surface area contributed by atoms with Crippen molar-refractivity contribution in [2.24, 2.45) is 11.3 Å². The van der Waals surface area contributed by atoms with Crippen LogP contribution in [-0.2, 0) is 23.1 Å². The summed E-state index contributed by atoms with van der Waals surface area (Å²) < 4.78 is 26.4. The van der Waals surface area contributed by atoms with Crippen LogP contribution < -0.4 is 0 Å². The summed E-state index contributed by atoms with van der Waals surface area (Å²) in [5.74, 6) is 0.231. The number of esters is 1. The van der Waals surface area contributed by atoms with E-state index in [1.165, 1.54) is 16.7 Å². The third-order valence-electron chi connectivity index (χ3n) is 13.7. The number of carbonyl (C=O) groups excluding carboxylic acids is 1. The van der Waals surface area contributed by atoms with Gasteiger partial charge in [0, 0.05) is 6.42 Å². The summed E-state index contributed by atoms with van der Waals surface area (Å²) in [6.45, 7) is 34.7. The predicted octanol–water partition coefficient (Wildman–Crippen LogP) is 11.8. The Hall–Kier alpha value is -1.26. The molecule has 0 spiro atoms. The molecular weight excluding hydrogens is 641 g/mol. The lowest BCUT2D eigenvalue weighted by Crippen LogP contribution is -2.49. The smallest absolute Gasteiger partial charge is 0.332 e. The largest absolute Gasteiger partial charge is 0.457 e. The van der Waals surface area contributed by atoms with Gasteiger partial charge in [-0.25, -0.2) is 4.79 Å². The number of carbonyl (C=O) groups is 1. The molecular formula is C42H72O5Si2. The highest BCUT2D eigenvalue weighted by Crippen LogP contribution is 2.56. The molecule has 3 fully saturated rings. The molecule has 0 aliphatic heterocycles. The summed E-state index contributed by atoms with van der Waals surface area (Å²) in [7, 11) is -3.98. The Morgan fingerprint density at radius 3 is 2.18 bits per heavy atom. The van der Waals surface area contributed by atoms with E-state index in [1.807, 2.05) is 0 Å². The molecule has 0 N–H and O–H groups in total. The average molecular weight is 713 g/mol. The summed E-state index contributed by atoms with van der Waals surface area (Å²) in [6.07, 6.45) is 18.5. The summed E-state index contributed by atoms with van der Waals surface area (Å²) in [5, 5.41) is 0.276. The maximum atomic E-state index is 12.9. The van der Waals surface area contributed by atoms with Gasteiger partial charge in [0.05, 0.1) is 18.3 Å². The molecule has 49 heavy (non-hydrogen) atoms. The van der Waals surface area contributed by atoms with Crippen molar-refractivity contribution in [3.05, 3.63) is 47.1 Å². The van der Waals surface area contributed by atoms with Crippen LogP contribution in [0.2, 0.25) is 36.3 Å². The van der Waals surface area contributed by atoms with Crippen molar-refractivity contribution in [3.8, 4) is 0 Å². The molecule has 4 aliphatic rings. The Kier molecular flexibility index (Phi) is 12.4. The van der Waals surface area contributed by atoms with E-state index in [0.717, 1.165) is 76.2 Å². The van der Waals surface area contributed by atoms with E-state index in [-0.39, 0.29) is 52.0 Å². The third kappa shape index (κ3) is 9.04. The first-order chi connectivity index (χ1) is 22.5.